The molecule has 1 heterocycles. The fourth-order valence-electron chi connectivity index (χ4n) is 3.03. The van der Waals surface area contributed by atoms with E-state index in [1.807, 2.05) is 6.07 Å². The van der Waals surface area contributed by atoms with E-state index in [4.69, 9.17) is 0 Å². The molecule has 2 rings (SSSR count). The molecule has 0 aromatic heterocycles. The highest BCUT2D eigenvalue weighted by atomic mass is 19.1. The number of halogens is 1. The number of nitrogens with zero attached hydrogens (tertiary/aromatic N) is 2. The van der Waals surface area contributed by atoms with E-state index in [2.05, 4.69) is 49.0 Å². The second-order valence-electron chi connectivity index (χ2n) is 6.43. The van der Waals surface area contributed by atoms with Crippen molar-refractivity contribution >= 4 is 5.69 Å². The maximum absolute atomic E-state index is 14.3. The van der Waals surface area contributed by atoms with Gasteiger partial charge < -0.3 is 15.1 Å². The molecule has 4 heteroatoms. The Morgan fingerprint density at radius 2 is 2.10 bits per heavy atom. The van der Waals surface area contributed by atoms with Gasteiger partial charge in [0, 0.05) is 43.0 Å². The minimum atomic E-state index is -0.106. The molecule has 1 unspecified atom stereocenters. The van der Waals surface area contributed by atoms with Gasteiger partial charge in [-0.15, -0.1) is 0 Å². The Hall–Kier alpha value is -1.13. The fourth-order valence-corrected chi connectivity index (χ4v) is 3.03. The second kappa shape index (κ2) is 7.23. The summed E-state index contributed by atoms with van der Waals surface area (Å²) in [5.41, 5.74) is 1.84. The van der Waals surface area contributed by atoms with E-state index >= 15 is 0 Å². The summed E-state index contributed by atoms with van der Waals surface area (Å²) < 4.78 is 14.3. The van der Waals surface area contributed by atoms with Gasteiger partial charge in [-0.25, -0.2) is 4.39 Å². The number of benzene rings is 1. The molecular formula is C17H28FN3. The molecule has 1 aromatic rings. The zero-order valence-electron chi connectivity index (χ0n) is 13.7. The first-order chi connectivity index (χ1) is 9.99. The minimum absolute atomic E-state index is 0.106. The van der Waals surface area contributed by atoms with Crippen LogP contribution >= 0.6 is 0 Å². The lowest BCUT2D eigenvalue weighted by molar-refractivity contribution is 0.337. The number of anilines is 1. The van der Waals surface area contributed by atoms with Gasteiger partial charge in [0.1, 0.15) is 5.82 Å². The lowest BCUT2D eigenvalue weighted by Gasteiger charge is -2.32. The first kappa shape index (κ1) is 16.2. The van der Waals surface area contributed by atoms with Gasteiger partial charge >= 0.3 is 0 Å². The summed E-state index contributed by atoms with van der Waals surface area (Å²) in [7, 11) is 2.16. The van der Waals surface area contributed by atoms with Crippen LogP contribution in [0.4, 0.5) is 10.1 Å². The predicted octanol–water partition coefficient (Wildman–Crippen LogP) is 2.85. The van der Waals surface area contributed by atoms with Crippen LogP contribution in [0.5, 0.6) is 0 Å². The molecule has 1 saturated heterocycles. The molecule has 0 bridgehead atoms. The van der Waals surface area contributed by atoms with Crippen LogP contribution in [-0.4, -0.2) is 43.7 Å². The Kier molecular flexibility index (Phi) is 5.59. The average Bonchev–Trinajstić information content (AvgIpc) is 2.57. The highest BCUT2D eigenvalue weighted by molar-refractivity contribution is 5.55. The quantitative estimate of drug-likeness (QED) is 0.921. The molecule has 1 atom stereocenters. The van der Waals surface area contributed by atoms with E-state index in [-0.39, 0.29) is 5.82 Å². The number of hydrogen-bond acceptors (Lipinski definition) is 3. The maximum atomic E-state index is 14.3. The topological polar surface area (TPSA) is 18.5 Å². The molecule has 1 aromatic carbocycles. The summed E-state index contributed by atoms with van der Waals surface area (Å²) in [6.45, 7) is 10.1. The molecule has 0 radical (unpaired) electrons. The van der Waals surface area contributed by atoms with Crippen LogP contribution in [0.25, 0.3) is 0 Å². The average molecular weight is 293 g/mol. The number of hydrogen-bond donors (Lipinski definition) is 1. The van der Waals surface area contributed by atoms with Crippen molar-refractivity contribution in [2.75, 3.05) is 31.6 Å². The smallest absolute Gasteiger partial charge is 0.129 e. The summed E-state index contributed by atoms with van der Waals surface area (Å²) in [6.07, 6.45) is 1.12. The molecule has 0 spiro atoms. The molecule has 1 N–H and O–H groups in total. The standard InChI is InChI=1S/C17H28FN3/c1-13(2)19-11-15-16(18)7-5-8-17(15)21-10-6-9-20(4)12-14(21)3/h5,7-8,13-14,19H,6,9-12H2,1-4H3. The van der Waals surface area contributed by atoms with E-state index in [9.17, 15) is 4.39 Å². The largest absolute Gasteiger partial charge is 0.367 e. The molecule has 1 aliphatic rings. The zero-order chi connectivity index (χ0) is 15.4. The number of likely N-dealkylation sites (N-methyl/N-ethyl adjacent to an activating group) is 1. The van der Waals surface area contributed by atoms with Crippen LogP contribution in [0.15, 0.2) is 18.2 Å². The third-order valence-electron chi connectivity index (χ3n) is 4.14. The number of rotatable bonds is 4. The third kappa shape index (κ3) is 4.17. The van der Waals surface area contributed by atoms with E-state index < -0.39 is 0 Å². The maximum Gasteiger partial charge on any atom is 0.129 e. The van der Waals surface area contributed by atoms with Crippen LogP contribution in [0.1, 0.15) is 32.8 Å². The monoisotopic (exact) mass is 293 g/mol. The third-order valence-corrected chi connectivity index (χ3v) is 4.14. The van der Waals surface area contributed by atoms with Crippen molar-refractivity contribution in [3.63, 3.8) is 0 Å². The molecule has 0 aliphatic carbocycles. The van der Waals surface area contributed by atoms with Crippen molar-refractivity contribution in [3.8, 4) is 0 Å². The Morgan fingerprint density at radius 3 is 2.81 bits per heavy atom. The normalized spacial score (nSPS) is 20.9. The van der Waals surface area contributed by atoms with Crippen LogP contribution in [0.3, 0.4) is 0 Å². The van der Waals surface area contributed by atoms with Crippen molar-refractivity contribution in [1.29, 1.82) is 0 Å². The van der Waals surface area contributed by atoms with Crippen molar-refractivity contribution in [3.05, 3.63) is 29.6 Å². The van der Waals surface area contributed by atoms with E-state index in [0.717, 1.165) is 37.3 Å². The highest BCUT2D eigenvalue weighted by Gasteiger charge is 2.23. The van der Waals surface area contributed by atoms with Gasteiger partial charge in [-0.05, 0) is 39.1 Å². The molecule has 1 aliphatic heterocycles. The molecule has 118 valence electrons. The van der Waals surface area contributed by atoms with Gasteiger partial charge in [-0.3, -0.25) is 0 Å². The molecule has 0 amide bonds. The SMILES string of the molecule is CC(C)NCc1c(F)cccc1N1CCCN(C)CC1C. The van der Waals surface area contributed by atoms with E-state index in [1.165, 1.54) is 0 Å². The highest BCUT2D eigenvalue weighted by Crippen LogP contribution is 2.27. The molecular weight excluding hydrogens is 265 g/mol. The van der Waals surface area contributed by atoms with Crippen molar-refractivity contribution < 1.29 is 4.39 Å². The minimum Gasteiger partial charge on any atom is -0.367 e. The summed E-state index contributed by atoms with van der Waals surface area (Å²) in [5.74, 6) is -0.106. The lowest BCUT2D eigenvalue weighted by atomic mass is 10.1. The Balaban J connectivity index is 2.27. The fraction of sp³-hybridized carbons (Fsp3) is 0.647. The summed E-state index contributed by atoms with van der Waals surface area (Å²) in [4.78, 5) is 4.72. The summed E-state index contributed by atoms with van der Waals surface area (Å²) in [5, 5.41) is 3.34. The van der Waals surface area contributed by atoms with Gasteiger partial charge in [0.15, 0.2) is 0 Å². The van der Waals surface area contributed by atoms with Gasteiger partial charge in [0.25, 0.3) is 0 Å². The van der Waals surface area contributed by atoms with Crippen LogP contribution in [0, 0.1) is 5.82 Å². The summed E-state index contributed by atoms with van der Waals surface area (Å²) >= 11 is 0. The van der Waals surface area contributed by atoms with Gasteiger partial charge in [-0.2, -0.15) is 0 Å². The zero-order valence-corrected chi connectivity index (χ0v) is 13.7. The molecule has 1 fully saturated rings. The van der Waals surface area contributed by atoms with E-state index in [1.54, 1.807) is 6.07 Å². The van der Waals surface area contributed by atoms with Crippen LogP contribution in [-0.2, 0) is 6.54 Å². The Labute approximate surface area is 128 Å². The predicted molar refractivity (Wildman–Crippen MR) is 87.3 cm³/mol. The van der Waals surface area contributed by atoms with Crippen LogP contribution in [0.2, 0.25) is 0 Å². The van der Waals surface area contributed by atoms with Gasteiger partial charge in [-0.1, -0.05) is 19.9 Å². The van der Waals surface area contributed by atoms with Crippen molar-refractivity contribution in [1.82, 2.24) is 10.2 Å². The first-order valence-corrected chi connectivity index (χ1v) is 7.95. The Bertz CT molecular complexity index is 461. The Morgan fingerprint density at radius 1 is 1.33 bits per heavy atom. The number of nitrogens with one attached hydrogen (secondary N) is 1. The van der Waals surface area contributed by atoms with Crippen molar-refractivity contribution in [2.45, 2.75) is 45.8 Å². The molecule has 0 saturated carbocycles. The lowest BCUT2D eigenvalue weighted by Crippen LogP contribution is -2.39. The van der Waals surface area contributed by atoms with Gasteiger partial charge in [0.2, 0.25) is 0 Å². The summed E-state index contributed by atoms with van der Waals surface area (Å²) in [6, 6.07) is 6.20. The molecule has 21 heavy (non-hydrogen) atoms. The van der Waals surface area contributed by atoms with Crippen molar-refractivity contribution in [2.24, 2.45) is 0 Å². The van der Waals surface area contributed by atoms with Crippen LogP contribution < -0.4 is 10.2 Å². The first-order valence-electron chi connectivity index (χ1n) is 7.95. The van der Waals surface area contributed by atoms with E-state index in [0.29, 0.717) is 18.6 Å². The molecule has 3 nitrogen and oxygen atoms in total. The second-order valence-corrected chi connectivity index (χ2v) is 6.43. The van der Waals surface area contributed by atoms with Gasteiger partial charge in [0.05, 0.1) is 0 Å².